The fraction of sp³-hybridized carbons (Fsp3) is 0.400. The van der Waals surface area contributed by atoms with Crippen LogP contribution in [0.4, 0.5) is 0 Å². The van der Waals surface area contributed by atoms with Gasteiger partial charge in [0, 0.05) is 6.04 Å². The maximum atomic E-state index is 12.4. The zero-order valence-electron chi connectivity index (χ0n) is 14.1. The van der Waals surface area contributed by atoms with E-state index in [2.05, 4.69) is 18.8 Å². The predicted molar refractivity (Wildman–Crippen MR) is 95.3 cm³/mol. The third-order valence-electron chi connectivity index (χ3n) is 4.35. The van der Waals surface area contributed by atoms with Crippen LogP contribution in [-0.2, 0) is 4.79 Å². The van der Waals surface area contributed by atoms with E-state index in [1.807, 2.05) is 30.3 Å². The monoisotopic (exact) mass is 324 g/mol. The van der Waals surface area contributed by atoms with Gasteiger partial charge in [0.1, 0.15) is 24.0 Å². The smallest absolute Gasteiger partial charge is 0.262 e. The molecule has 4 heteroatoms. The molecule has 0 unspecified atom stereocenters. The molecule has 0 spiro atoms. The Bertz CT molecular complexity index is 641. The highest BCUT2D eigenvalue weighted by Crippen LogP contribution is 2.24. The van der Waals surface area contributed by atoms with Gasteiger partial charge in [0.05, 0.1) is 0 Å². The zero-order chi connectivity index (χ0) is 17.4. The molecule has 2 rings (SSSR count). The molecule has 126 valence electrons. The van der Waals surface area contributed by atoms with E-state index < -0.39 is 0 Å². The van der Waals surface area contributed by atoms with Crippen LogP contribution >= 0.6 is 0 Å². The summed E-state index contributed by atoms with van der Waals surface area (Å²) >= 11 is 0. The van der Waals surface area contributed by atoms with E-state index in [1.165, 1.54) is 6.42 Å². The average molecular weight is 324 g/mol. The molecule has 0 saturated heterocycles. The lowest BCUT2D eigenvalue weighted by atomic mass is 9.86. The molecule has 0 heterocycles. The highest BCUT2D eigenvalue weighted by Gasteiger charge is 2.23. The van der Waals surface area contributed by atoms with Crippen LogP contribution in [0.15, 0.2) is 42.5 Å². The molecule has 1 amide bonds. The standard InChI is InChI=1S/C20H24N2O2/c1-3-12-24-18-10-8-16(9-11-18)13-17(14-21)20(23)22-19-7-5-4-6-15(19)2/h3,8-11,13,15,19H,1,4-7,12H2,2H3,(H,22,23)/b17-13+/t15-,19-/m0/s1. The minimum Gasteiger partial charge on any atom is -0.490 e. The second kappa shape index (κ2) is 8.93. The fourth-order valence-electron chi connectivity index (χ4n) is 2.91. The molecule has 4 nitrogen and oxygen atoms in total. The van der Waals surface area contributed by atoms with Crippen molar-refractivity contribution in [3.63, 3.8) is 0 Å². The average Bonchev–Trinajstić information content (AvgIpc) is 2.60. The van der Waals surface area contributed by atoms with Crippen LogP contribution in [0.3, 0.4) is 0 Å². The largest absolute Gasteiger partial charge is 0.490 e. The predicted octanol–water partition coefficient (Wildman–Crippen LogP) is 3.85. The van der Waals surface area contributed by atoms with Crippen LogP contribution < -0.4 is 10.1 Å². The van der Waals surface area contributed by atoms with Crippen LogP contribution in [0.1, 0.15) is 38.2 Å². The minimum atomic E-state index is -0.289. The molecule has 1 aromatic rings. The summed E-state index contributed by atoms with van der Waals surface area (Å²) in [6.07, 6.45) is 7.75. The molecule has 1 aliphatic rings. The fourth-order valence-corrected chi connectivity index (χ4v) is 2.91. The van der Waals surface area contributed by atoms with Crippen molar-refractivity contribution in [3.8, 4) is 11.8 Å². The molecule has 1 N–H and O–H groups in total. The molecule has 1 fully saturated rings. The normalized spacial score (nSPS) is 20.8. The molecule has 24 heavy (non-hydrogen) atoms. The molecule has 0 bridgehead atoms. The second-order valence-electron chi connectivity index (χ2n) is 6.18. The van der Waals surface area contributed by atoms with E-state index in [1.54, 1.807) is 12.2 Å². The van der Waals surface area contributed by atoms with Crippen molar-refractivity contribution in [2.45, 2.75) is 38.6 Å². The third-order valence-corrected chi connectivity index (χ3v) is 4.35. The SMILES string of the molecule is C=CCOc1ccc(/C=C(\C#N)C(=O)N[C@H]2CCCC[C@@H]2C)cc1. The molecular formula is C20H24N2O2. The van der Waals surface area contributed by atoms with Crippen molar-refractivity contribution in [1.29, 1.82) is 5.26 Å². The van der Waals surface area contributed by atoms with Gasteiger partial charge in [0.15, 0.2) is 0 Å². The van der Waals surface area contributed by atoms with E-state index in [9.17, 15) is 10.1 Å². The van der Waals surface area contributed by atoms with Gasteiger partial charge in [-0.2, -0.15) is 5.26 Å². The third kappa shape index (κ3) is 4.99. The van der Waals surface area contributed by atoms with Crippen LogP contribution in [0.5, 0.6) is 5.75 Å². The lowest BCUT2D eigenvalue weighted by Crippen LogP contribution is -2.41. The topological polar surface area (TPSA) is 62.1 Å². The van der Waals surface area contributed by atoms with Crippen molar-refractivity contribution in [3.05, 3.63) is 48.1 Å². The van der Waals surface area contributed by atoms with Crippen molar-refractivity contribution in [1.82, 2.24) is 5.32 Å². The van der Waals surface area contributed by atoms with Crippen LogP contribution in [0.2, 0.25) is 0 Å². The minimum absolute atomic E-state index is 0.132. The molecule has 0 aliphatic heterocycles. The number of carbonyl (C=O) groups is 1. The van der Waals surface area contributed by atoms with Gasteiger partial charge in [-0.1, -0.05) is 44.6 Å². The van der Waals surface area contributed by atoms with Crippen LogP contribution in [0, 0.1) is 17.2 Å². The summed E-state index contributed by atoms with van der Waals surface area (Å²) in [4.78, 5) is 12.4. The van der Waals surface area contributed by atoms with Crippen LogP contribution in [0.25, 0.3) is 6.08 Å². The Kier molecular flexibility index (Phi) is 6.62. The molecule has 1 aliphatic carbocycles. The summed E-state index contributed by atoms with van der Waals surface area (Å²) in [7, 11) is 0. The Balaban J connectivity index is 2.03. The number of hydrogen-bond donors (Lipinski definition) is 1. The summed E-state index contributed by atoms with van der Waals surface area (Å²) in [6.45, 7) is 6.20. The summed E-state index contributed by atoms with van der Waals surface area (Å²) in [5.41, 5.74) is 0.928. The lowest BCUT2D eigenvalue weighted by molar-refractivity contribution is -0.118. The Morgan fingerprint density at radius 3 is 2.71 bits per heavy atom. The van der Waals surface area contributed by atoms with Crippen LogP contribution in [-0.4, -0.2) is 18.6 Å². The lowest BCUT2D eigenvalue weighted by Gasteiger charge is -2.29. The molecular weight excluding hydrogens is 300 g/mol. The van der Waals surface area contributed by atoms with Gasteiger partial charge in [-0.3, -0.25) is 4.79 Å². The first-order valence-corrected chi connectivity index (χ1v) is 8.40. The number of ether oxygens (including phenoxy) is 1. The summed E-state index contributed by atoms with van der Waals surface area (Å²) < 4.78 is 5.42. The molecule has 1 aromatic carbocycles. The van der Waals surface area contributed by atoms with E-state index in [0.717, 1.165) is 30.6 Å². The molecule has 1 saturated carbocycles. The van der Waals surface area contributed by atoms with Gasteiger partial charge in [-0.05, 0) is 42.5 Å². The van der Waals surface area contributed by atoms with E-state index in [4.69, 9.17) is 4.74 Å². The summed E-state index contributed by atoms with van der Waals surface area (Å²) in [5, 5.41) is 12.3. The van der Waals surface area contributed by atoms with Crippen molar-refractivity contribution in [2.24, 2.45) is 5.92 Å². The number of benzene rings is 1. The first-order valence-electron chi connectivity index (χ1n) is 8.40. The van der Waals surface area contributed by atoms with Gasteiger partial charge in [-0.15, -0.1) is 0 Å². The number of nitriles is 1. The second-order valence-corrected chi connectivity index (χ2v) is 6.18. The Morgan fingerprint density at radius 2 is 2.08 bits per heavy atom. The maximum Gasteiger partial charge on any atom is 0.262 e. The molecule has 0 radical (unpaired) electrons. The Labute approximate surface area is 143 Å². The first kappa shape index (κ1) is 17.8. The van der Waals surface area contributed by atoms with E-state index in [-0.39, 0.29) is 17.5 Å². The van der Waals surface area contributed by atoms with Crippen molar-refractivity contribution < 1.29 is 9.53 Å². The molecule has 0 aromatic heterocycles. The number of hydrogen-bond acceptors (Lipinski definition) is 3. The first-order chi connectivity index (χ1) is 11.6. The molecule has 2 atom stereocenters. The van der Waals surface area contributed by atoms with Crippen molar-refractivity contribution in [2.75, 3.05) is 6.61 Å². The van der Waals surface area contributed by atoms with Gasteiger partial charge < -0.3 is 10.1 Å². The number of amides is 1. The van der Waals surface area contributed by atoms with E-state index >= 15 is 0 Å². The number of carbonyl (C=O) groups excluding carboxylic acids is 1. The zero-order valence-corrected chi connectivity index (χ0v) is 14.1. The number of rotatable bonds is 6. The Morgan fingerprint density at radius 1 is 1.38 bits per heavy atom. The summed E-state index contributed by atoms with van der Waals surface area (Å²) in [5.74, 6) is 0.901. The Hall–Kier alpha value is -2.54. The van der Waals surface area contributed by atoms with Gasteiger partial charge in [-0.25, -0.2) is 0 Å². The summed E-state index contributed by atoms with van der Waals surface area (Å²) in [6, 6.07) is 9.45. The van der Waals surface area contributed by atoms with Gasteiger partial charge >= 0.3 is 0 Å². The van der Waals surface area contributed by atoms with Crippen molar-refractivity contribution >= 4 is 12.0 Å². The number of nitrogens with zero attached hydrogens (tertiary/aromatic N) is 1. The van der Waals surface area contributed by atoms with Gasteiger partial charge in [0.25, 0.3) is 5.91 Å². The quantitative estimate of drug-likeness (QED) is 0.491. The number of nitrogens with one attached hydrogen (secondary N) is 1. The van der Waals surface area contributed by atoms with E-state index in [0.29, 0.717) is 12.5 Å². The van der Waals surface area contributed by atoms with Gasteiger partial charge in [0.2, 0.25) is 0 Å². The highest BCUT2D eigenvalue weighted by molar-refractivity contribution is 6.01. The maximum absolute atomic E-state index is 12.4. The highest BCUT2D eigenvalue weighted by atomic mass is 16.5.